The van der Waals surface area contributed by atoms with E-state index in [0.717, 1.165) is 6.07 Å². The van der Waals surface area contributed by atoms with E-state index in [2.05, 4.69) is 0 Å². The van der Waals surface area contributed by atoms with Crippen molar-refractivity contribution < 1.29 is 13.5 Å². The molecular weight excluding hydrogens is 262 g/mol. The van der Waals surface area contributed by atoms with Crippen molar-refractivity contribution in [3.05, 3.63) is 58.7 Å². The molecule has 5 heteroatoms. The molecule has 0 atom stereocenters. The molecule has 0 fully saturated rings. The van der Waals surface area contributed by atoms with E-state index >= 15 is 0 Å². The molecule has 0 saturated carbocycles. The van der Waals surface area contributed by atoms with Crippen LogP contribution in [0, 0.1) is 29.9 Å². The van der Waals surface area contributed by atoms with Crippen molar-refractivity contribution in [3.63, 3.8) is 0 Å². The minimum Gasteiger partial charge on any atom is -0.486 e. The first kappa shape index (κ1) is 13.8. The van der Waals surface area contributed by atoms with Gasteiger partial charge in [-0.2, -0.15) is 5.26 Å². The van der Waals surface area contributed by atoms with Crippen LogP contribution < -0.4 is 10.5 Å². The molecule has 102 valence electrons. The molecule has 0 radical (unpaired) electrons. The highest BCUT2D eigenvalue weighted by atomic mass is 19.1. The molecule has 0 aliphatic heterocycles. The van der Waals surface area contributed by atoms with Crippen LogP contribution in [0.25, 0.3) is 0 Å². The van der Waals surface area contributed by atoms with Gasteiger partial charge in [-0.25, -0.2) is 8.78 Å². The van der Waals surface area contributed by atoms with Crippen molar-refractivity contribution in [2.24, 2.45) is 0 Å². The lowest BCUT2D eigenvalue weighted by molar-refractivity contribution is 0.284. The number of hydrogen-bond acceptors (Lipinski definition) is 3. The fourth-order valence-corrected chi connectivity index (χ4v) is 1.71. The van der Waals surface area contributed by atoms with Gasteiger partial charge in [-0.15, -0.1) is 0 Å². The fourth-order valence-electron chi connectivity index (χ4n) is 1.71. The molecule has 2 rings (SSSR count). The third kappa shape index (κ3) is 2.69. The predicted molar refractivity (Wildman–Crippen MR) is 71.0 cm³/mol. The summed E-state index contributed by atoms with van der Waals surface area (Å²) in [5.41, 5.74) is 6.69. The molecule has 0 saturated heterocycles. The predicted octanol–water partition coefficient (Wildman–Crippen LogP) is 3.31. The maximum absolute atomic E-state index is 13.8. The monoisotopic (exact) mass is 274 g/mol. The molecule has 0 aliphatic rings. The zero-order valence-electron chi connectivity index (χ0n) is 10.8. The molecule has 0 spiro atoms. The Kier molecular flexibility index (Phi) is 3.85. The van der Waals surface area contributed by atoms with E-state index in [1.54, 1.807) is 19.1 Å². The van der Waals surface area contributed by atoms with E-state index in [1.807, 2.05) is 0 Å². The van der Waals surface area contributed by atoms with Gasteiger partial charge >= 0.3 is 0 Å². The van der Waals surface area contributed by atoms with Crippen LogP contribution >= 0.6 is 0 Å². The number of nitrogen functional groups attached to an aromatic ring is 1. The third-order valence-corrected chi connectivity index (χ3v) is 2.90. The molecule has 2 aromatic rings. The van der Waals surface area contributed by atoms with Gasteiger partial charge in [0.25, 0.3) is 0 Å². The highest BCUT2D eigenvalue weighted by Crippen LogP contribution is 2.25. The van der Waals surface area contributed by atoms with Gasteiger partial charge in [-0.05, 0) is 24.6 Å². The van der Waals surface area contributed by atoms with Crippen molar-refractivity contribution in [1.29, 1.82) is 5.26 Å². The normalized spacial score (nSPS) is 10.1. The Morgan fingerprint density at radius 2 is 2.05 bits per heavy atom. The van der Waals surface area contributed by atoms with Crippen LogP contribution in [0.3, 0.4) is 0 Å². The molecule has 0 amide bonds. The lowest BCUT2D eigenvalue weighted by atomic mass is 10.1. The Labute approximate surface area is 115 Å². The number of anilines is 1. The van der Waals surface area contributed by atoms with Crippen LogP contribution in [-0.4, -0.2) is 0 Å². The van der Waals surface area contributed by atoms with Gasteiger partial charge in [0.2, 0.25) is 0 Å². The van der Waals surface area contributed by atoms with Gasteiger partial charge in [0.1, 0.15) is 18.5 Å². The zero-order valence-corrected chi connectivity index (χ0v) is 10.8. The number of nitrogens with zero attached hydrogens (tertiary/aromatic N) is 1. The average Bonchev–Trinajstić information content (AvgIpc) is 2.43. The summed E-state index contributed by atoms with van der Waals surface area (Å²) < 4.78 is 32.7. The lowest BCUT2D eigenvalue weighted by Crippen LogP contribution is -2.02. The number of nitrogens with two attached hydrogens (primary N) is 1. The SMILES string of the molecule is Cc1cc(OCc2cccc(C#N)c2F)c(F)cc1N. The number of halogens is 2. The summed E-state index contributed by atoms with van der Waals surface area (Å²) >= 11 is 0. The Balaban J connectivity index is 2.22. The third-order valence-electron chi connectivity index (χ3n) is 2.90. The van der Waals surface area contributed by atoms with Crippen LogP contribution in [-0.2, 0) is 6.61 Å². The van der Waals surface area contributed by atoms with E-state index in [0.29, 0.717) is 11.3 Å². The lowest BCUT2D eigenvalue weighted by Gasteiger charge is -2.10. The molecular formula is C15H12F2N2O. The topological polar surface area (TPSA) is 59.0 Å². The van der Waals surface area contributed by atoms with E-state index < -0.39 is 11.6 Å². The van der Waals surface area contributed by atoms with Crippen LogP contribution in [0.4, 0.5) is 14.5 Å². The summed E-state index contributed by atoms with van der Waals surface area (Å²) in [6, 6.07) is 8.75. The first-order valence-electron chi connectivity index (χ1n) is 5.89. The first-order chi connectivity index (χ1) is 9.52. The van der Waals surface area contributed by atoms with Gasteiger partial charge in [0.15, 0.2) is 11.6 Å². The van der Waals surface area contributed by atoms with E-state index in [9.17, 15) is 8.78 Å². The maximum Gasteiger partial charge on any atom is 0.167 e. The Morgan fingerprint density at radius 3 is 2.75 bits per heavy atom. The second-order valence-electron chi connectivity index (χ2n) is 4.32. The summed E-state index contributed by atoms with van der Waals surface area (Å²) in [6.45, 7) is 1.56. The number of benzene rings is 2. The zero-order chi connectivity index (χ0) is 14.7. The van der Waals surface area contributed by atoms with Crippen LogP contribution in [0.5, 0.6) is 5.75 Å². The second-order valence-corrected chi connectivity index (χ2v) is 4.32. The van der Waals surface area contributed by atoms with Gasteiger partial charge < -0.3 is 10.5 Å². The maximum atomic E-state index is 13.8. The smallest absolute Gasteiger partial charge is 0.167 e. The molecule has 0 bridgehead atoms. The van der Waals surface area contributed by atoms with Crippen LogP contribution in [0.2, 0.25) is 0 Å². The molecule has 0 aromatic heterocycles. The van der Waals surface area contributed by atoms with E-state index in [1.165, 1.54) is 18.2 Å². The molecule has 0 aliphatic carbocycles. The number of rotatable bonds is 3. The fraction of sp³-hybridized carbons (Fsp3) is 0.133. The van der Waals surface area contributed by atoms with Gasteiger partial charge in [0, 0.05) is 17.3 Å². The number of hydrogen-bond donors (Lipinski definition) is 1. The standard InChI is InChI=1S/C15H12F2N2O/c1-9-5-14(12(16)6-13(9)19)20-8-11-4-2-3-10(7-18)15(11)17/h2-6H,8,19H2,1H3. The molecule has 2 aromatic carbocycles. The Morgan fingerprint density at radius 1 is 1.30 bits per heavy atom. The van der Waals surface area contributed by atoms with Crippen molar-refractivity contribution in [2.45, 2.75) is 13.5 Å². The van der Waals surface area contributed by atoms with Crippen LogP contribution in [0.15, 0.2) is 30.3 Å². The van der Waals surface area contributed by atoms with Crippen molar-refractivity contribution in [2.75, 3.05) is 5.73 Å². The summed E-state index contributed by atoms with van der Waals surface area (Å²) in [5.74, 6) is -1.26. The largest absolute Gasteiger partial charge is 0.486 e. The van der Waals surface area contributed by atoms with Crippen LogP contribution in [0.1, 0.15) is 16.7 Å². The van der Waals surface area contributed by atoms with Crippen molar-refractivity contribution >= 4 is 5.69 Å². The second kappa shape index (κ2) is 5.57. The molecule has 2 N–H and O–H groups in total. The highest BCUT2D eigenvalue weighted by Gasteiger charge is 2.11. The molecule has 20 heavy (non-hydrogen) atoms. The minimum atomic E-state index is -0.650. The minimum absolute atomic E-state index is 0.00143. The Hall–Kier alpha value is -2.61. The van der Waals surface area contributed by atoms with E-state index in [-0.39, 0.29) is 23.5 Å². The van der Waals surface area contributed by atoms with Crippen molar-refractivity contribution in [3.8, 4) is 11.8 Å². The average molecular weight is 274 g/mol. The quantitative estimate of drug-likeness (QED) is 0.873. The van der Waals surface area contributed by atoms with Gasteiger partial charge in [-0.3, -0.25) is 0 Å². The number of nitriles is 1. The molecule has 0 unspecified atom stereocenters. The summed E-state index contributed by atoms with van der Waals surface area (Å²) in [5, 5.41) is 8.73. The first-order valence-corrected chi connectivity index (χ1v) is 5.89. The molecule has 3 nitrogen and oxygen atoms in total. The highest BCUT2D eigenvalue weighted by molar-refractivity contribution is 5.50. The molecule has 0 heterocycles. The number of ether oxygens (including phenoxy) is 1. The number of aryl methyl sites for hydroxylation is 1. The summed E-state index contributed by atoms with van der Waals surface area (Å²) in [6.07, 6.45) is 0. The summed E-state index contributed by atoms with van der Waals surface area (Å²) in [7, 11) is 0. The van der Waals surface area contributed by atoms with E-state index in [4.69, 9.17) is 15.7 Å². The Bertz CT molecular complexity index is 693. The van der Waals surface area contributed by atoms with Crippen molar-refractivity contribution in [1.82, 2.24) is 0 Å². The van der Waals surface area contributed by atoms with Gasteiger partial charge in [-0.1, -0.05) is 12.1 Å². The van der Waals surface area contributed by atoms with Gasteiger partial charge in [0.05, 0.1) is 5.56 Å². The summed E-state index contributed by atoms with van der Waals surface area (Å²) in [4.78, 5) is 0.